The van der Waals surface area contributed by atoms with Gasteiger partial charge in [-0.1, -0.05) is 117 Å². The van der Waals surface area contributed by atoms with Gasteiger partial charge in [-0.3, -0.25) is 0 Å². The van der Waals surface area contributed by atoms with Gasteiger partial charge in [0.15, 0.2) is 0 Å². The van der Waals surface area contributed by atoms with E-state index in [1.807, 2.05) is 6.07 Å². The lowest BCUT2D eigenvalue weighted by Gasteiger charge is -2.23. The molecule has 0 saturated heterocycles. The molecule has 2 nitrogen and oxygen atoms in total. The van der Waals surface area contributed by atoms with E-state index in [0.717, 1.165) is 49.3 Å². The van der Waals surface area contributed by atoms with Crippen LogP contribution in [-0.4, -0.2) is 0 Å². The maximum absolute atomic E-state index is 6.56. The van der Waals surface area contributed by atoms with E-state index in [4.69, 9.17) is 8.83 Å². The van der Waals surface area contributed by atoms with Gasteiger partial charge in [-0.05, 0) is 103 Å². The average molecular weight is 627 g/mol. The monoisotopic (exact) mass is 626 g/mol. The van der Waals surface area contributed by atoms with Gasteiger partial charge < -0.3 is 8.83 Å². The fraction of sp³-hybridized carbons (Fsp3) is 0.0638. The summed E-state index contributed by atoms with van der Waals surface area (Å²) in [5.74, 6) is 0. The Labute approximate surface area is 282 Å². The first-order chi connectivity index (χ1) is 24.0. The Morgan fingerprint density at radius 3 is 2.06 bits per heavy atom. The van der Waals surface area contributed by atoms with Gasteiger partial charge in [0.25, 0.3) is 0 Å². The summed E-state index contributed by atoms with van der Waals surface area (Å²) in [5.41, 5.74) is 13.7. The Bertz CT molecular complexity index is 3020. The van der Waals surface area contributed by atoms with Crippen molar-refractivity contribution in [1.29, 1.82) is 0 Å². The highest BCUT2D eigenvalue weighted by molar-refractivity contribution is 6.20. The van der Waals surface area contributed by atoms with Crippen molar-refractivity contribution in [2.45, 2.75) is 19.3 Å². The minimum atomic E-state index is -0.143. The van der Waals surface area contributed by atoms with Gasteiger partial charge in [-0.25, -0.2) is 0 Å². The van der Waals surface area contributed by atoms with Crippen LogP contribution in [0.5, 0.6) is 0 Å². The number of hydrogen-bond acceptors (Lipinski definition) is 2. The second kappa shape index (κ2) is 9.49. The van der Waals surface area contributed by atoms with Crippen molar-refractivity contribution in [3.63, 3.8) is 0 Å². The number of benzene rings is 8. The first-order valence-electron chi connectivity index (χ1n) is 17.0. The number of rotatable bonds is 2. The fourth-order valence-corrected chi connectivity index (χ4v) is 8.71. The predicted molar refractivity (Wildman–Crippen MR) is 204 cm³/mol. The van der Waals surface area contributed by atoms with Crippen molar-refractivity contribution in [2.24, 2.45) is 0 Å². The van der Waals surface area contributed by atoms with Gasteiger partial charge in [-0.15, -0.1) is 0 Å². The van der Waals surface area contributed by atoms with Crippen molar-refractivity contribution in [1.82, 2.24) is 0 Å². The van der Waals surface area contributed by atoms with Crippen LogP contribution in [-0.2, 0) is 5.41 Å². The maximum atomic E-state index is 6.56. The molecule has 0 amide bonds. The van der Waals surface area contributed by atoms with Crippen LogP contribution in [0, 0.1) is 0 Å². The normalized spacial score (nSPS) is 13.7. The van der Waals surface area contributed by atoms with Gasteiger partial charge in [-0.2, -0.15) is 0 Å². The van der Waals surface area contributed by atoms with Gasteiger partial charge in [0, 0.05) is 32.3 Å². The standard InChI is InChI=1S/C47H30O2/c1-47(2)38-15-7-5-13-36(38)45-39(47)25-30-24-28(31-14-9-17-41-44(31)37-23-18-27-10-3-4-11-33(27)46(37)49-41)19-21-32(30)43(45)29-20-22-35-34-12-6-8-16-40(34)48-42(35)26-29/h3-26H,1-2H3. The Hall–Kier alpha value is -6.12. The summed E-state index contributed by atoms with van der Waals surface area (Å²) in [6, 6.07) is 52.8. The summed E-state index contributed by atoms with van der Waals surface area (Å²) in [7, 11) is 0. The third-order valence-electron chi connectivity index (χ3n) is 11.0. The second-order valence-corrected chi connectivity index (χ2v) is 14.0. The molecule has 49 heavy (non-hydrogen) atoms. The van der Waals surface area contributed by atoms with E-state index in [2.05, 4.69) is 153 Å². The molecule has 230 valence electrons. The smallest absolute Gasteiger partial charge is 0.143 e. The molecule has 2 heteroatoms. The summed E-state index contributed by atoms with van der Waals surface area (Å²) >= 11 is 0. The molecule has 11 rings (SSSR count). The first kappa shape index (κ1) is 26.9. The molecular formula is C47H30O2. The minimum absolute atomic E-state index is 0.143. The predicted octanol–water partition coefficient (Wildman–Crippen LogP) is 13.4. The molecule has 1 aliphatic carbocycles. The molecule has 0 unspecified atom stereocenters. The van der Waals surface area contributed by atoms with E-state index in [9.17, 15) is 0 Å². The molecule has 0 spiro atoms. The van der Waals surface area contributed by atoms with Gasteiger partial charge >= 0.3 is 0 Å². The Kier molecular flexibility index (Phi) is 5.21. The molecule has 0 N–H and O–H groups in total. The van der Waals surface area contributed by atoms with E-state index in [1.165, 1.54) is 60.7 Å². The lowest BCUT2D eigenvalue weighted by Crippen LogP contribution is -2.15. The number of hydrogen-bond donors (Lipinski definition) is 0. The molecule has 2 heterocycles. The quantitative estimate of drug-likeness (QED) is 0.191. The number of para-hydroxylation sites is 1. The van der Waals surface area contributed by atoms with Crippen LogP contribution in [0.3, 0.4) is 0 Å². The highest BCUT2D eigenvalue weighted by atomic mass is 16.3. The van der Waals surface area contributed by atoms with Crippen molar-refractivity contribution < 1.29 is 8.83 Å². The van der Waals surface area contributed by atoms with Crippen LogP contribution in [0.15, 0.2) is 154 Å². The van der Waals surface area contributed by atoms with E-state index < -0.39 is 0 Å². The van der Waals surface area contributed by atoms with Crippen molar-refractivity contribution in [3.8, 4) is 33.4 Å². The molecule has 0 aliphatic heterocycles. The largest absolute Gasteiger partial charge is 0.456 e. The molecular weight excluding hydrogens is 597 g/mol. The van der Waals surface area contributed by atoms with E-state index in [-0.39, 0.29) is 5.41 Å². The molecule has 0 atom stereocenters. The molecule has 0 fully saturated rings. The minimum Gasteiger partial charge on any atom is -0.456 e. The highest BCUT2D eigenvalue weighted by Crippen LogP contribution is 2.55. The molecule has 0 radical (unpaired) electrons. The number of fused-ring (bicyclic) bond motifs is 12. The van der Waals surface area contributed by atoms with E-state index in [0.29, 0.717) is 0 Å². The zero-order valence-electron chi connectivity index (χ0n) is 27.2. The van der Waals surface area contributed by atoms with E-state index >= 15 is 0 Å². The Balaban J connectivity index is 1.20. The summed E-state index contributed by atoms with van der Waals surface area (Å²) in [6.45, 7) is 4.73. The van der Waals surface area contributed by atoms with Crippen LogP contribution in [0.25, 0.3) is 98.8 Å². The SMILES string of the molecule is CC1(C)c2ccccc2-c2c1cc1cc(-c3cccc4oc5c6ccccc6ccc5c34)ccc1c2-c1ccc2c(c1)oc1ccccc12. The molecule has 1 aliphatic rings. The topological polar surface area (TPSA) is 26.3 Å². The van der Waals surface area contributed by atoms with Crippen LogP contribution < -0.4 is 0 Å². The third kappa shape index (κ3) is 3.61. The van der Waals surface area contributed by atoms with Gasteiger partial charge in [0.2, 0.25) is 0 Å². The molecule has 10 aromatic rings. The van der Waals surface area contributed by atoms with Crippen molar-refractivity contribution >= 4 is 65.4 Å². The fourth-order valence-electron chi connectivity index (χ4n) is 8.71. The zero-order valence-corrected chi connectivity index (χ0v) is 27.2. The molecule has 0 bridgehead atoms. The van der Waals surface area contributed by atoms with Gasteiger partial charge in [0.1, 0.15) is 22.3 Å². The summed E-state index contributed by atoms with van der Waals surface area (Å²) < 4.78 is 13.0. The molecule has 2 aromatic heterocycles. The lowest BCUT2D eigenvalue weighted by molar-refractivity contribution is 0.661. The summed E-state index contributed by atoms with van der Waals surface area (Å²) in [5, 5.41) is 9.40. The van der Waals surface area contributed by atoms with Crippen LogP contribution in [0.1, 0.15) is 25.0 Å². The van der Waals surface area contributed by atoms with Crippen LogP contribution in [0.4, 0.5) is 0 Å². The Morgan fingerprint density at radius 2 is 1.12 bits per heavy atom. The van der Waals surface area contributed by atoms with Crippen LogP contribution in [0.2, 0.25) is 0 Å². The molecule has 8 aromatic carbocycles. The van der Waals surface area contributed by atoms with Crippen molar-refractivity contribution in [3.05, 3.63) is 157 Å². The Morgan fingerprint density at radius 1 is 0.408 bits per heavy atom. The maximum Gasteiger partial charge on any atom is 0.143 e. The second-order valence-electron chi connectivity index (χ2n) is 14.0. The third-order valence-corrected chi connectivity index (χ3v) is 11.0. The zero-order chi connectivity index (χ0) is 32.4. The lowest BCUT2D eigenvalue weighted by atomic mass is 9.80. The van der Waals surface area contributed by atoms with Gasteiger partial charge in [0.05, 0.1) is 0 Å². The number of furan rings is 2. The summed E-state index contributed by atoms with van der Waals surface area (Å²) in [4.78, 5) is 0. The first-order valence-corrected chi connectivity index (χ1v) is 17.0. The molecule has 0 saturated carbocycles. The van der Waals surface area contributed by atoms with Crippen molar-refractivity contribution in [2.75, 3.05) is 0 Å². The highest BCUT2D eigenvalue weighted by Gasteiger charge is 2.37. The average Bonchev–Trinajstić information content (AvgIpc) is 3.78. The van der Waals surface area contributed by atoms with Crippen LogP contribution >= 0.6 is 0 Å². The van der Waals surface area contributed by atoms with E-state index in [1.54, 1.807) is 0 Å². The summed E-state index contributed by atoms with van der Waals surface area (Å²) in [6.07, 6.45) is 0.